The second-order valence-electron chi connectivity index (χ2n) is 5.41. The molecule has 2 rings (SSSR count). The Kier molecular flexibility index (Phi) is 7.32. The Bertz CT molecular complexity index is 870. The van der Waals surface area contributed by atoms with Gasteiger partial charge < -0.3 is 15.0 Å². The average molecular weight is 472 g/mol. The molecule has 0 aliphatic heterocycles. The quantitative estimate of drug-likeness (QED) is 0.256. The summed E-state index contributed by atoms with van der Waals surface area (Å²) in [6, 6.07) is 0. The van der Waals surface area contributed by atoms with Crippen LogP contribution >= 0.6 is 19.2 Å². The number of hydrogen-bond donors (Lipinski definition) is 1. The van der Waals surface area contributed by atoms with Crippen LogP contribution in [-0.2, 0) is 24.9 Å². The summed E-state index contributed by atoms with van der Waals surface area (Å²) in [5, 5.41) is -0.0160. The molecule has 17 heteroatoms. The SMILES string of the molecule is Nc1nc(Cl)c2ncn(CCOCP(=O)(OCC(F)(F)F)OCC(F)(F)F)c2n1. The number of hydrogen-bond acceptors (Lipinski definition) is 8. The first-order valence-electron chi connectivity index (χ1n) is 7.51. The minimum Gasteiger partial charge on any atom is -0.368 e. The first kappa shape index (κ1) is 23.6. The van der Waals surface area contributed by atoms with Crippen molar-refractivity contribution in [3.05, 3.63) is 11.5 Å². The zero-order valence-corrected chi connectivity index (χ0v) is 15.9. The summed E-state index contributed by atoms with van der Waals surface area (Å²) in [5.74, 6) is -0.143. The topological polar surface area (TPSA) is 114 Å². The molecule has 0 saturated heterocycles. The predicted molar refractivity (Wildman–Crippen MR) is 87.2 cm³/mol. The van der Waals surface area contributed by atoms with Crippen LogP contribution in [-0.4, -0.2) is 58.0 Å². The summed E-state index contributed by atoms with van der Waals surface area (Å²) in [5.41, 5.74) is 5.90. The van der Waals surface area contributed by atoms with Gasteiger partial charge in [0.05, 0.1) is 12.9 Å². The molecule has 0 atom stereocenters. The number of alkyl halides is 6. The molecule has 0 fully saturated rings. The molecule has 9 nitrogen and oxygen atoms in total. The van der Waals surface area contributed by atoms with Gasteiger partial charge in [0.15, 0.2) is 24.0 Å². The normalized spacial score (nSPS) is 13.3. The number of halogens is 7. The lowest BCUT2D eigenvalue weighted by molar-refractivity contribution is -0.166. The molecule has 2 aromatic heterocycles. The van der Waals surface area contributed by atoms with Gasteiger partial charge in [0.2, 0.25) is 5.95 Å². The summed E-state index contributed by atoms with van der Waals surface area (Å²) in [4.78, 5) is 11.5. The summed E-state index contributed by atoms with van der Waals surface area (Å²) in [6.45, 7) is -4.46. The van der Waals surface area contributed by atoms with Crippen LogP contribution in [0.2, 0.25) is 5.15 Å². The van der Waals surface area contributed by atoms with Crippen LogP contribution in [0.3, 0.4) is 0 Å². The number of imidazole rings is 1. The van der Waals surface area contributed by atoms with E-state index in [1.165, 1.54) is 10.9 Å². The molecule has 0 amide bonds. The van der Waals surface area contributed by atoms with E-state index in [1.54, 1.807) is 0 Å². The van der Waals surface area contributed by atoms with Gasteiger partial charge >= 0.3 is 19.9 Å². The molecular weight excluding hydrogens is 459 g/mol. The lowest BCUT2D eigenvalue weighted by Crippen LogP contribution is -2.21. The van der Waals surface area contributed by atoms with Gasteiger partial charge in [0.1, 0.15) is 11.9 Å². The Labute approximate surface area is 163 Å². The van der Waals surface area contributed by atoms with Gasteiger partial charge in [0.25, 0.3) is 0 Å². The van der Waals surface area contributed by atoms with Crippen molar-refractivity contribution >= 4 is 36.3 Å². The highest BCUT2D eigenvalue weighted by Gasteiger charge is 2.38. The highest BCUT2D eigenvalue weighted by Crippen LogP contribution is 2.50. The Morgan fingerprint density at radius 1 is 1.10 bits per heavy atom. The molecule has 0 unspecified atom stereocenters. The van der Waals surface area contributed by atoms with Gasteiger partial charge in [-0.1, -0.05) is 11.6 Å². The van der Waals surface area contributed by atoms with E-state index in [0.29, 0.717) is 0 Å². The molecule has 2 N–H and O–H groups in total. The summed E-state index contributed by atoms with van der Waals surface area (Å²) < 4.78 is 99.9. The Morgan fingerprint density at radius 2 is 1.69 bits per heavy atom. The van der Waals surface area contributed by atoms with Crippen molar-refractivity contribution in [3.8, 4) is 0 Å². The van der Waals surface area contributed by atoms with Crippen LogP contribution in [0.5, 0.6) is 0 Å². The van der Waals surface area contributed by atoms with Crippen molar-refractivity contribution < 1.29 is 44.7 Å². The Hall–Kier alpha value is -1.67. The lowest BCUT2D eigenvalue weighted by Gasteiger charge is -2.20. The third-order valence-corrected chi connectivity index (χ3v) is 4.82. The van der Waals surface area contributed by atoms with E-state index in [4.69, 9.17) is 22.1 Å². The number of anilines is 1. The van der Waals surface area contributed by atoms with Crippen LogP contribution in [0.4, 0.5) is 32.3 Å². The summed E-state index contributed by atoms with van der Waals surface area (Å²) in [6.07, 6.45) is -9.70. The van der Waals surface area contributed by atoms with Gasteiger partial charge in [-0.3, -0.25) is 13.6 Å². The third kappa shape index (κ3) is 7.59. The molecule has 0 aromatic carbocycles. The average Bonchev–Trinajstić information content (AvgIpc) is 2.97. The standard InChI is InChI=1S/C12H13ClF6N5O4P/c13-8-7-9(23-10(20)22-8)24(5-21-7)1-2-26-6-29(25,27-3-11(14,15)16)28-4-12(17,18)19/h5H,1-4,6H2,(H2,20,22,23). The highest BCUT2D eigenvalue weighted by molar-refractivity contribution is 7.53. The van der Waals surface area contributed by atoms with E-state index in [1.807, 2.05) is 0 Å². The van der Waals surface area contributed by atoms with Crippen molar-refractivity contribution in [2.24, 2.45) is 0 Å². The van der Waals surface area contributed by atoms with Crippen LogP contribution in [0.1, 0.15) is 0 Å². The maximum atomic E-state index is 12.2. The largest absolute Gasteiger partial charge is 0.412 e. The first-order chi connectivity index (χ1) is 13.3. The molecule has 2 aromatic rings. The second kappa shape index (κ2) is 9.00. The zero-order chi connectivity index (χ0) is 21.9. The number of nitrogens with zero attached hydrogens (tertiary/aromatic N) is 4. The van der Waals surface area contributed by atoms with Crippen LogP contribution in [0.15, 0.2) is 6.33 Å². The van der Waals surface area contributed by atoms with E-state index in [9.17, 15) is 30.9 Å². The Balaban J connectivity index is 1.97. The van der Waals surface area contributed by atoms with Gasteiger partial charge in [-0.05, 0) is 0 Å². The number of ether oxygens (including phenoxy) is 1. The van der Waals surface area contributed by atoms with E-state index in [2.05, 4.69) is 24.0 Å². The zero-order valence-electron chi connectivity index (χ0n) is 14.2. The molecule has 0 aliphatic carbocycles. The maximum absolute atomic E-state index is 12.2. The minimum atomic E-state index is -4.92. The van der Waals surface area contributed by atoms with Gasteiger partial charge in [-0.15, -0.1) is 0 Å². The Morgan fingerprint density at radius 3 is 2.24 bits per heavy atom. The van der Waals surface area contributed by atoms with E-state index in [-0.39, 0.29) is 35.4 Å². The summed E-state index contributed by atoms with van der Waals surface area (Å²) in [7, 11) is -4.84. The van der Waals surface area contributed by atoms with Crippen molar-refractivity contribution in [2.45, 2.75) is 18.9 Å². The van der Waals surface area contributed by atoms with Gasteiger partial charge in [-0.2, -0.15) is 36.3 Å². The molecule has 0 saturated carbocycles. The van der Waals surface area contributed by atoms with Crippen molar-refractivity contribution in [1.82, 2.24) is 19.5 Å². The monoisotopic (exact) mass is 471 g/mol. The fourth-order valence-corrected chi connectivity index (χ4v) is 3.37. The number of fused-ring (bicyclic) bond motifs is 1. The maximum Gasteiger partial charge on any atom is 0.412 e. The van der Waals surface area contributed by atoms with Crippen molar-refractivity contribution in [1.29, 1.82) is 0 Å². The highest BCUT2D eigenvalue weighted by atomic mass is 35.5. The molecule has 0 bridgehead atoms. The van der Waals surface area contributed by atoms with Gasteiger partial charge in [0, 0.05) is 6.54 Å². The second-order valence-corrected chi connectivity index (χ2v) is 7.76. The van der Waals surface area contributed by atoms with E-state index >= 15 is 0 Å². The molecule has 29 heavy (non-hydrogen) atoms. The molecule has 2 heterocycles. The fraction of sp³-hybridized carbons (Fsp3) is 0.583. The van der Waals surface area contributed by atoms with Crippen LogP contribution in [0.25, 0.3) is 11.2 Å². The number of aromatic nitrogens is 4. The first-order valence-corrected chi connectivity index (χ1v) is 9.62. The van der Waals surface area contributed by atoms with Crippen LogP contribution < -0.4 is 5.73 Å². The number of rotatable bonds is 9. The number of nitrogens with two attached hydrogens (primary N) is 1. The summed E-state index contributed by atoms with van der Waals surface area (Å²) >= 11 is 5.85. The lowest BCUT2D eigenvalue weighted by atomic mass is 10.5. The third-order valence-electron chi connectivity index (χ3n) is 3.01. The molecular formula is C12H13ClF6N5O4P. The van der Waals surface area contributed by atoms with E-state index < -0.39 is 39.5 Å². The molecule has 0 spiro atoms. The molecule has 0 radical (unpaired) electrons. The number of nitrogen functional groups attached to an aromatic ring is 1. The molecule has 164 valence electrons. The van der Waals surface area contributed by atoms with Crippen molar-refractivity contribution in [3.63, 3.8) is 0 Å². The minimum absolute atomic E-state index is 0.0160. The van der Waals surface area contributed by atoms with Crippen molar-refractivity contribution in [2.75, 3.05) is 31.9 Å². The smallest absolute Gasteiger partial charge is 0.368 e. The van der Waals surface area contributed by atoms with E-state index in [0.717, 1.165) is 0 Å². The van der Waals surface area contributed by atoms with Crippen LogP contribution in [0, 0.1) is 0 Å². The van der Waals surface area contributed by atoms with Gasteiger partial charge in [-0.25, -0.2) is 4.98 Å². The molecule has 0 aliphatic rings. The predicted octanol–water partition coefficient (Wildman–Crippen LogP) is 3.39. The fourth-order valence-electron chi connectivity index (χ4n) is 1.88.